The van der Waals surface area contributed by atoms with Crippen LogP contribution in [0.2, 0.25) is 0 Å². The third kappa shape index (κ3) is 5.23. The maximum Gasteiger partial charge on any atom is 0.321 e. The molecule has 0 saturated carbocycles. The molecule has 1 atom stereocenters. The van der Waals surface area contributed by atoms with Gasteiger partial charge in [0.05, 0.1) is 6.04 Å². The van der Waals surface area contributed by atoms with Gasteiger partial charge in [-0.25, -0.2) is 4.79 Å². The minimum absolute atomic E-state index is 0. The summed E-state index contributed by atoms with van der Waals surface area (Å²) in [5, 5.41) is 6.38. The van der Waals surface area contributed by atoms with Gasteiger partial charge in [-0.15, -0.1) is 0 Å². The first-order chi connectivity index (χ1) is 15.6. The van der Waals surface area contributed by atoms with E-state index < -0.39 is 0 Å². The molecule has 1 aromatic rings. The quantitative estimate of drug-likeness (QED) is 0.565. The number of nitrogens with one attached hydrogen (secondary N) is 2. The molecule has 2 heterocycles. The van der Waals surface area contributed by atoms with Crippen molar-refractivity contribution in [2.75, 3.05) is 31.5 Å². The summed E-state index contributed by atoms with van der Waals surface area (Å²) < 4.78 is 0. The molecule has 0 radical (unpaired) electrons. The number of amides is 2. The summed E-state index contributed by atoms with van der Waals surface area (Å²) in [4.78, 5) is 21.7. The number of aliphatic imine (C=N–C) groups is 1. The highest BCUT2D eigenvalue weighted by atomic mass is 16.2. The molecular formula is C26H39N5O. The molecule has 6 nitrogen and oxygen atoms in total. The number of carbonyl (C=O) groups is 1. The normalized spacial score (nSPS) is 22.8. The number of piperidine rings is 1. The van der Waals surface area contributed by atoms with E-state index in [0.29, 0.717) is 5.92 Å². The molecule has 174 valence electrons. The molecule has 1 unspecified atom stereocenters. The van der Waals surface area contributed by atoms with Gasteiger partial charge in [0, 0.05) is 58.1 Å². The van der Waals surface area contributed by atoms with E-state index in [1.165, 1.54) is 16.8 Å². The fraction of sp³-hybridized carbons (Fsp3) is 0.462. The molecular weight excluding hydrogens is 398 g/mol. The number of benzene rings is 1. The predicted octanol–water partition coefficient (Wildman–Crippen LogP) is 5.35. The van der Waals surface area contributed by atoms with Crippen LogP contribution in [0.25, 0.3) is 0 Å². The highest BCUT2D eigenvalue weighted by Crippen LogP contribution is 2.31. The summed E-state index contributed by atoms with van der Waals surface area (Å²) in [6, 6.07) is 8.62. The first-order valence-corrected chi connectivity index (χ1v) is 11.9. The average molecular weight is 438 g/mol. The van der Waals surface area contributed by atoms with Crippen LogP contribution in [0.15, 0.2) is 65.0 Å². The zero-order chi connectivity index (χ0) is 22.5. The van der Waals surface area contributed by atoms with Gasteiger partial charge in [0.25, 0.3) is 0 Å². The highest BCUT2D eigenvalue weighted by molar-refractivity contribution is 6.04. The lowest BCUT2D eigenvalue weighted by molar-refractivity contribution is 0.214. The van der Waals surface area contributed by atoms with Gasteiger partial charge in [0.15, 0.2) is 0 Å². The standard InChI is InChI=1S/C26H35N5O.2H2/c1-4-15-30(5-2)26(32)29-23-10-6-8-20(17-23)21-9-7-16-31(18-21)19(3)24-13-14-27-25(24)28-22-11-12-22;;/h6,8,10-14,17,21-22H,4-5,7,9,15-16,18H2,1-3H3,(H,27,28)(H,29,32);2*1H/b24-19+;;. The summed E-state index contributed by atoms with van der Waals surface area (Å²) in [6.07, 6.45) is 11.6. The SMILES string of the molecule is CCCN(CC)C(=O)Nc1cccc(C2CCCN(/C(C)=C3\C=CNC3=NC3C=C3)C2)c1.[HH].[HH]. The van der Waals surface area contributed by atoms with E-state index in [9.17, 15) is 4.79 Å². The second kappa shape index (κ2) is 10.1. The average Bonchev–Trinajstić information content (AvgIpc) is 3.51. The third-order valence-electron chi connectivity index (χ3n) is 6.43. The van der Waals surface area contributed by atoms with Crippen molar-refractivity contribution in [1.82, 2.24) is 15.1 Å². The van der Waals surface area contributed by atoms with Gasteiger partial charge < -0.3 is 20.4 Å². The molecule has 2 amide bonds. The predicted molar refractivity (Wildman–Crippen MR) is 136 cm³/mol. The van der Waals surface area contributed by atoms with Crippen molar-refractivity contribution < 1.29 is 7.65 Å². The Morgan fingerprint density at radius 2 is 2.19 bits per heavy atom. The number of allylic oxidation sites excluding steroid dienone is 1. The number of hydrogen-bond donors (Lipinski definition) is 2. The van der Waals surface area contributed by atoms with Gasteiger partial charge in [-0.2, -0.15) is 0 Å². The number of carbonyl (C=O) groups excluding carboxylic acids is 1. The van der Waals surface area contributed by atoms with Crippen LogP contribution in [0.3, 0.4) is 0 Å². The first kappa shape index (κ1) is 22.2. The number of nitrogens with zero attached hydrogens (tertiary/aromatic N) is 3. The minimum Gasteiger partial charge on any atom is -0.374 e. The topological polar surface area (TPSA) is 60.0 Å². The van der Waals surface area contributed by atoms with Crippen LogP contribution in [0.4, 0.5) is 10.5 Å². The Morgan fingerprint density at radius 3 is 2.94 bits per heavy atom. The van der Waals surface area contributed by atoms with Gasteiger partial charge in [0.2, 0.25) is 0 Å². The monoisotopic (exact) mass is 437 g/mol. The van der Waals surface area contributed by atoms with Crippen LogP contribution in [0, 0.1) is 0 Å². The zero-order valence-corrected chi connectivity index (χ0v) is 19.5. The Morgan fingerprint density at radius 1 is 1.34 bits per heavy atom. The van der Waals surface area contributed by atoms with Crippen LogP contribution in [0.1, 0.15) is 54.4 Å². The molecule has 6 heteroatoms. The van der Waals surface area contributed by atoms with Gasteiger partial charge in [-0.1, -0.05) is 31.2 Å². The molecule has 0 bridgehead atoms. The molecule has 2 N–H and O–H groups in total. The molecule has 4 rings (SSSR count). The van der Waals surface area contributed by atoms with E-state index in [4.69, 9.17) is 4.99 Å². The molecule has 3 aliphatic rings. The highest BCUT2D eigenvalue weighted by Gasteiger charge is 2.25. The number of hydrogen-bond acceptors (Lipinski definition) is 3. The molecule has 1 fully saturated rings. The fourth-order valence-electron chi connectivity index (χ4n) is 4.51. The van der Waals surface area contributed by atoms with Crippen molar-refractivity contribution in [3.8, 4) is 0 Å². The maximum absolute atomic E-state index is 12.6. The molecule has 0 spiro atoms. The third-order valence-corrected chi connectivity index (χ3v) is 6.43. The smallest absolute Gasteiger partial charge is 0.321 e. The number of rotatable bonds is 7. The summed E-state index contributed by atoms with van der Waals surface area (Å²) in [5.74, 6) is 1.41. The Bertz CT molecular complexity index is 966. The lowest BCUT2D eigenvalue weighted by Gasteiger charge is -2.36. The Balaban J connectivity index is 0.00000204. The van der Waals surface area contributed by atoms with Gasteiger partial charge in [-0.3, -0.25) is 4.99 Å². The molecule has 1 saturated heterocycles. The maximum atomic E-state index is 12.6. The zero-order valence-electron chi connectivity index (χ0n) is 19.5. The Hall–Kier alpha value is -3.02. The number of likely N-dealkylation sites (tertiary alicyclic amines) is 1. The molecule has 1 aliphatic carbocycles. The number of urea groups is 1. The van der Waals surface area contributed by atoms with Crippen molar-refractivity contribution in [1.29, 1.82) is 0 Å². The second-order valence-electron chi connectivity index (χ2n) is 8.75. The van der Waals surface area contributed by atoms with Crippen molar-refractivity contribution in [3.63, 3.8) is 0 Å². The summed E-state index contributed by atoms with van der Waals surface area (Å²) in [5.41, 5.74) is 4.64. The van der Waals surface area contributed by atoms with Crippen molar-refractivity contribution in [3.05, 3.63) is 65.5 Å². The second-order valence-corrected chi connectivity index (χ2v) is 8.75. The van der Waals surface area contributed by atoms with E-state index in [1.807, 2.05) is 24.1 Å². The number of anilines is 1. The van der Waals surface area contributed by atoms with E-state index in [2.05, 4.69) is 65.8 Å². The molecule has 32 heavy (non-hydrogen) atoms. The van der Waals surface area contributed by atoms with Crippen molar-refractivity contribution >= 4 is 17.6 Å². The van der Waals surface area contributed by atoms with E-state index in [-0.39, 0.29) is 14.9 Å². The van der Waals surface area contributed by atoms with Crippen molar-refractivity contribution in [2.24, 2.45) is 4.99 Å². The van der Waals surface area contributed by atoms with E-state index >= 15 is 0 Å². The van der Waals surface area contributed by atoms with E-state index in [0.717, 1.165) is 57.0 Å². The fourth-order valence-corrected chi connectivity index (χ4v) is 4.51. The van der Waals surface area contributed by atoms with E-state index in [1.54, 1.807) is 0 Å². The summed E-state index contributed by atoms with van der Waals surface area (Å²) in [7, 11) is 0. The summed E-state index contributed by atoms with van der Waals surface area (Å²) in [6.45, 7) is 9.85. The number of amidine groups is 1. The Labute approximate surface area is 194 Å². The summed E-state index contributed by atoms with van der Waals surface area (Å²) >= 11 is 0. The lowest BCUT2D eigenvalue weighted by atomic mass is 9.90. The first-order valence-electron chi connectivity index (χ1n) is 11.9. The lowest BCUT2D eigenvalue weighted by Crippen LogP contribution is -2.35. The van der Waals surface area contributed by atoms with Gasteiger partial charge in [-0.05, 0) is 56.9 Å². The largest absolute Gasteiger partial charge is 0.374 e. The van der Waals surface area contributed by atoms with Crippen LogP contribution < -0.4 is 10.6 Å². The van der Waals surface area contributed by atoms with Crippen LogP contribution in [-0.2, 0) is 0 Å². The minimum atomic E-state index is -0.0187. The van der Waals surface area contributed by atoms with Crippen LogP contribution in [0.5, 0.6) is 0 Å². The van der Waals surface area contributed by atoms with Crippen LogP contribution >= 0.6 is 0 Å². The Kier molecular flexibility index (Phi) is 6.98. The van der Waals surface area contributed by atoms with Crippen LogP contribution in [-0.4, -0.2) is 53.9 Å². The molecule has 1 aromatic carbocycles. The van der Waals surface area contributed by atoms with Gasteiger partial charge >= 0.3 is 6.03 Å². The molecule has 0 aromatic heterocycles. The van der Waals surface area contributed by atoms with Crippen molar-refractivity contribution in [2.45, 2.75) is 52.0 Å². The van der Waals surface area contributed by atoms with Gasteiger partial charge in [0.1, 0.15) is 5.84 Å². The molecule has 2 aliphatic heterocycles.